The van der Waals surface area contributed by atoms with Crippen LogP contribution in [0.4, 0.5) is 5.82 Å². The molecule has 0 bridgehead atoms. The van der Waals surface area contributed by atoms with Crippen molar-refractivity contribution in [2.75, 3.05) is 25.5 Å². The number of ether oxygens (including phenoxy) is 1. The maximum Gasteiger partial charge on any atom is 0.223 e. The molecule has 0 saturated carbocycles. The Morgan fingerprint density at radius 3 is 2.97 bits per heavy atom. The van der Waals surface area contributed by atoms with Gasteiger partial charge < -0.3 is 15.8 Å². The van der Waals surface area contributed by atoms with Crippen LogP contribution in [0.5, 0.6) is 0 Å². The summed E-state index contributed by atoms with van der Waals surface area (Å²) in [5.41, 5.74) is 11.1. The molecule has 0 radical (unpaired) electrons. The summed E-state index contributed by atoms with van der Waals surface area (Å²) in [6.07, 6.45) is 4.53. The lowest BCUT2D eigenvalue weighted by molar-refractivity contribution is -0.124. The van der Waals surface area contributed by atoms with Gasteiger partial charge in [-0.1, -0.05) is 19.1 Å². The minimum absolute atomic E-state index is 0.0444. The minimum Gasteiger partial charge on any atom is -0.383 e. The van der Waals surface area contributed by atoms with Crippen molar-refractivity contribution in [2.24, 2.45) is 11.8 Å². The zero-order valence-electron chi connectivity index (χ0n) is 18.2. The van der Waals surface area contributed by atoms with Crippen molar-refractivity contribution >= 4 is 22.6 Å². The molecule has 3 N–H and O–H groups in total. The number of pyridine rings is 2. The summed E-state index contributed by atoms with van der Waals surface area (Å²) in [5, 5.41) is 4.08. The third-order valence-electron chi connectivity index (χ3n) is 6.00. The lowest BCUT2D eigenvalue weighted by atomic mass is 9.97. The molecule has 31 heavy (non-hydrogen) atoms. The van der Waals surface area contributed by atoms with Crippen molar-refractivity contribution < 1.29 is 9.53 Å². The molecule has 3 aromatic rings. The molecule has 1 aliphatic heterocycles. The second-order valence-corrected chi connectivity index (χ2v) is 8.54. The number of nitrogens with two attached hydrogens (primary N) is 1. The number of nitrogens with zero attached hydrogens (tertiary/aromatic N) is 2. The van der Waals surface area contributed by atoms with Crippen LogP contribution in [0, 0.1) is 18.8 Å². The van der Waals surface area contributed by atoms with Gasteiger partial charge in [-0.2, -0.15) is 0 Å². The monoisotopic (exact) mass is 418 g/mol. The van der Waals surface area contributed by atoms with E-state index in [-0.39, 0.29) is 11.8 Å². The second kappa shape index (κ2) is 9.43. The summed E-state index contributed by atoms with van der Waals surface area (Å²) < 4.78 is 5.50. The molecule has 0 aliphatic carbocycles. The Labute approximate surface area is 183 Å². The van der Waals surface area contributed by atoms with Gasteiger partial charge in [-0.3, -0.25) is 9.78 Å². The van der Waals surface area contributed by atoms with Crippen LogP contribution in [0.25, 0.3) is 22.2 Å². The van der Waals surface area contributed by atoms with Crippen LogP contribution in [-0.2, 0) is 16.0 Å². The van der Waals surface area contributed by atoms with Crippen LogP contribution < -0.4 is 11.1 Å². The first-order chi connectivity index (χ1) is 15.0. The number of rotatable bonds is 6. The minimum atomic E-state index is -0.188. The molecular formula is C25H30N4O2. The molecule has 162 valence electrons. The van der Waals surface area contributed by atoms with Gasteiger partial charge in [-0.25, -0.2) is 4.98 Å². The Morgan fingerprint density at radius 1 is 1.32 bits per heavy atom. The van der Waals surface area contributed by atoms with E-state index in [2.05, 4.69) is 40.4 Å². The van der Waals surface area contributed by atoms with Crippen LogP contribution in [0.2, 0.25) is 0 Å². The Balaban J connectivity index is 1.49. The number of carbonyl (C=O) groups excluding carboxylic acids is 1. The number of anilines is 1. The van der Waals surface area contributed by atoms with Crippen LogP contribution >= 0.6 is 0 Å². The Morgan fingerprint density at radius 2 is 2.19 bits per heavy atom. The van der Waals surface area contributed by atoms with Gasteiger partial charge in [0.15, 0.2) is 0 Å². The fourth-order valence-electron chi connectivity index (χ4n) is 4.14. The Hall–Kier alpha value is -2.99. The number of carbonyl (C=O) groups is 1. The molecule has 1 aliphatic rings. The predicted octanol–water partition coefficient (Wildman–Crippen LogP) is 3.91. The second-order valence-electron chi connectivity index (χ2n) is 8.54. The Kier molecular flexibility index (Phi) is 6.47. The van der Waals surface area contributed by atoms with E-state index in [0.29, 0.717) is 24.7 Å². The summed E-state index contributed by atoms with van der Waals surface area (Å²) >= 11 is 0. The fourth-order valence-corrected chi connectivity index (χ4v) is 4.14. The Bertz CT molecular complexity index is 1080. The molecule has 1 amide bonds. The highest BCUT2D eigenvalue weighted by Crippen LogP contribution is 2.27. The lowest BCUT2D eigenvalue weighted by Crippen LogP contribution is -2.36. The molecule has 2 aromatic heterocycles. The van der Waals surface area contributed by atoms with E-state index in [1.165, 1.54) is 0 Å². The highest BCUT2D eigenvalue weighted by atomic mass is 16.5. The molecule has 6 nitrogen and oxygen atoms in total. The number of aromatic nitrogens is 2. The molecule has 6 heteroatoms. The SMILES string of the molecule is Cc1cccnc1-c1ccc2nc(N)c(CC(C)C(=O)NC[C@@H]3CCCOC3)cc2c1. The number of nitrogen functional groups attached to an aromatic ring is 1. The smallest absolute Gasteiger partial charge is 0.223 e. The van der Waals surface area contributed by atoms with Crippen molar-refractivity contribution in [3.8, 4) is 11.3 Å². The molecule has 0 spiro atoms. The molecule has 2 atom stereocenters. The first-order valence-corrected chi connectivity index (χ1v) is 11.0. The fraction of sp³-hybridized carbons (Fsp3) is 0.400. The largest absolute Gasteiger partial charge is 0.383 e. The van der Waals surface area contributed by atoms with Crippen molar-refractivity contribution in [3.63, 3.8) is 0 Å². The number of fused-ring (bicyclic) bond motifs is 1. The van der Waals surface area contributed by atoms with E-state index in [9.17, 15) is 4.79 Å². The topological polar surface area (TPSA) is 90.1 Å². The summed E-state index contributed by atoms with van der Waals surface area (Å²) in [5.74, 6) is 0.746. The average molecular weight is 419 g/mol. The summed E-state index contributed by atoms with van der Waals surface area (Å²) in [7, 11) is 0. The normalized spacial score (nSPS) is 17.4. The standard InChI is InChI=1S/C25H30N4O2/c1-16-5-3-9-27-23(16)19-7-8-22-20(12-19)13-21(24(26)29-22)11-17(2)25(30)28-14-18-6-4-10-31-15-18/h3,5,7-9,12-13,17-18H,4,6,10-11,14-15H2,1-2H3,(H2,26,29)(H,28,30)/t17?,18-/m0/s1. The zero-order chi connectivity index (χ0) is 21.8. The van der Waals surface area contributed by atoms with Crippen molar-refractivity contribution in [1.82, 2.24) is 15.3 Å². The predicted molar refractivity (Wildman–Crippen MR) is 124 cm³/mol. The molecule has 1 aromatic carbocycles. The summed E-state index contributed by atoms with van der Waals surface area (Å²) in [6.45, 7) is 6.22. The van der Waals surface area contributed by atoms with Gasteiger partial charge >= 0.3 is 0 Å². The maximum atomic E-state index is 12.6. The van der Waals surface area contributed by atoms with Gasteiger partial charge in [0.25, 0.3) is 0 Å². The first-order valence-electron chi connectivity index (χ1n) is 11.0. The van der Waals surface area contributed by atoms with Gasteiger partial charge in [0.05, 0.1) is 17.8 Å². The van der Waals surface area contributed by atoms with E-state index in [0.717, 1.165) is 59.3 Å². The van der Waals surface area contributed by atoms with E-state index in [1.54, 1.807) is 6.20 Å². The van der Waals surface area contributed by atoms with E-state index in [1.807, 2.05) is 25.1 Å². The lowest BCUT2D eigenvalue weighted by Gasteiger charge is -2.23. The van der Waals surface area contributed by atoms with Crippen molar-refractivity contribution in [3.05, 3.63) is 53.7 Å². The van der Waals surface area contributed by atoms with Gasteiger partial charge in [0.2, 0.25) is 5.91 Å². The summed E-state index contributed by atoms with van der Waals surface area (Å²) in [4.78, 5) is 21.7. The van der Waals surface area contributed by atoms with Crippen molar-refractivity contribution in [1.29, 1.82) is 0 Å². The van der Waals surface area contributed by atoms with Crippen LogP contribution in [0.15, 0.2) is 42.6 Å². The quantitative estimate of drug-likeness (QED) is 0.633. The third kappa shape index (κ3) is 5.02. The highest BCUT2D eigenvalue weighted by Gasteiger charge is 2.19. The number of amides is 1. The molecule has 4 rings (SSSR count). The van der Waals surface area contributed by atoms with E-state index < -0.39 is 0 Å². The van der Waals surface area contributed by atoms with Gasteiger partial charge in [0.1, 0.15) is 5.82 Å². The first kappa shape index (κ1) is 21.2. The van der Waals surface area contributed by atoms with Gasteiger partial charge in [-0.15, -0.1) is 0 Å². The number of benzene rings is 1. The average Bonchev–Trinajstić information content (AvgIpc) is 2.78. The number of hydrogen-bond acceptors (Lipinski definition) is 5. The van der Waals surface area contributed by atoms with Gasteiger partial charge in [0, 0.05) is 36.2 Å². The number of nitrogens with one attached hydrogen (secondary N) is 1. The van der Waals surface area contributed by atoms with Crippen LogP contribution in [0.1, 0.15) is 30.9 Å². The van der Waals surface area contributed by atoms with Crippen molar-refractivity contribution in [2.45, 2.75) is 33.1 Å². The molecule has 1 unspecified atom stereocenters. The summed E-state index contributed by atoms with van der Waals surface area (Å²) in [6, 6.07) is 12.1. The zero-order valence-corrected chi connectivity index (χ0v) is 18.2. The van der Waals surface area contributed by atoms with Crippen LogP contribution in [-0.4, -0.2) is 35.6 Å². The third-order valence-corrected chi connectivity index (χ3v) is 6.00. The maximum absolute atomic E-state index is 12.6. The molecular weight excluding hydrogens is 388 g/mol. The molecule has 1 saturated heterocycles. The van der Waals surface area contributed by atoms with Gasteiger partial charge in [-0.05, 0) is 67.5 Å². The van der Waals surface area contributed by atoms with E-state index >= 15 is 0 Å². The van der Waals surface area contributed by atoms with Crippen LogP contribution in [0.3, 0.4) is 0 Å². The molecule has 1 fully saturated rings. The number of aryl methyl sites for hydroxylation is 1. The van der Waals surface area contributed by atoms with E-state index in [4.69, 9.17) is 10.5 Å². The highest BCUT2D eigenvalue weighted by molar-refractivity contribution is 5.86. The number of hydrogen-bond donors (Lipinski definition) is 2. The molecule has 3 heterocycles.